The Bertz CT molecular complexity index is 117. The Labute approximate surface area is 50.5 Å². The Balaban J connectivity index is 2.58. The average molecular weight is 161 g/mol. The van der Waals surface area contributed by atoms with Gasteiger partial charge in [-0.2, -0.15) is 0 Å². The summed E-state index contributed by atoms with van der Waals surface area (Å²) >= 11 is 3.19. The molecule has 0 saturated heterocycles. The van der Waals surface area contributed by atoms with Crippen molar-refractivity contribution in [3.63, 3.8) is 0 Å². The standard InChI is InChI=1S/C4H5BrN2/c5-4-3-6-1-2-7-4/h3H,1-2H2. The molecule has 0 saturated carbocycles. The quantitative estimate of drug-likeness (QED) is 0.503. The molecule has 0 aliphatic carbocycles. The van der Waals surface area contributed by atoms with Gasteiger partial charge in [-0.05, 0) is 15.9 Å². The first-order chi connectivity index (χ1) is 3.39. The van der Waals surface area contributed by atoms with Crippen LogP contribution in [0.3, 0.4) is 0 Å². The highest BCUT2D eigenvalue weighted by Gasteiger charge is 1.90. The maximum atomic E-state index is 4.01. The van der Waals surface area contributed by atoms with E-state index in [1.165, 1.54) is 0 Å². The average Bonchev–Trinajstić information content (AvgIpc) is 1.69. The van der Waals surface area contributed by atoms with E-state index in [2.05, 4.69) is 25.9 Å². The lowest BCUT2D eigenvalue weighted by Crippen LogP contribution is -2.00. The zero-order valence-electron chi connectivity index (χ0n) is 3.76. The first kappa shape index (κ1) is 4.97. The molecule has 0 aromatic carbocycles. The van der Waals surface area contributed by atoms with E-state index in [0.717, 1.165) is 17.7 Å². The Morgan fingerprint density at radius 3 is 2.71 bits per heavy atom. The minimum Gasteiger partial charge on any atom is -0.288 e. The van der Waals surface area contributed by atoms with E-state index in [0.29, 0.717) is 0 Å². The van der Waals surface area contributed by atoms with Gasteiger partial charge in [-0.25, -0.2) is 0 Å². The van der Waals surface area contributed by atoms with Gasteiger partial charge in [-0.1, -0.05) is 0 Å². The van der Waals surface area contributed by atoms with E-state index in [1.54, 1.807) is 6.21 Å². The Hall–Kier alpha value is -0.180. The lowest BCUT2D eigenvalue weighted by atomic mass is 10.6. The van der Waals surface area contributed by atoms with Gasteiger partial charge in [0.2, 0.25) is 0 Å². The molecule has 1 rings (SSSR count). The minimum atomic E-state index is 0.830. The van der Waals surface area contributed by atoms with Crippen LogP contribution in [-0.4, -0.2) is 23.9 Å². The molecular formula is C4H5BrN2. The van der Waals surface area contributed by atoms with Crippen LogP contribution in [0.1, 0.15) is 0 Å². The molecule has 0 atom stereocenters. The zero-order valence-corrected chi connectivity index (χ0v) is 5.35. The molecule has 1 heterocycles. The first-order valence-electron chi connectivity index (χ1n) is 2.09. The summed E-state index contributed by atoms with van der Waals surface area (Å²) in [7, 11) is 0. The topological polar surface area (TPSA) is 24.7 Å². The maximum Gasteiger partial charge on any atom is 0.118 e. The summed E-state index contributed by atoms with van der Waals surface area (Å²) in [5.74, 6) is 0. The normalized spacial score (nSPS) is 19.3. The number of hydrogen-bond acceptors (Lipinski definition) is 2. The summed E-state index contributed by atoms with van der Waals surface area (Å²) in [6.45, 7) is 1.67. The highest BCUT2D eigenvalue weighted by molar-refractivity contribution is 9.19. The summed E-state index contributed by atoms with van der Waals surface area (Å²) < 4.78 is 0.860. The van der Waals surface area contributed by atoms with Gasteiger partial charge in [0.1, 0.15) is 4.62 Å². The molecule has 0 amide bonds. The molecule has 0 aromatic heterocycles. The predicted octanol–water partition coefficient (Wildman–Crippen LogP) is 0.864. The number of nitrogens with zero attached hydrogens (tertiary/aromatic N) is 2. The van der Waals surface area contributed by atoms with Crippen LogP contribution in [-0.2, 0) is 0 Å². The van der Waals surface area contributed by atoms with Crippen molar-refractivity contribution in [3.8, 4) is 0 Å². The molecular weight excluding hydrogens is 156 g/mol. The fraction of sp³-hybridized carbons (Fsp3) is 0.500. The molecule has 1 aliphatic heterocycles. The number of hydrogen-bond donors (Lipinski definition) is 0. The van der Waals surface area contributed by atoms with E-state index in [4.69, 9.17) is 0 Å². The number of halogens is 1. The van der Waals surface area contributed by atoms with Crippen LogP contribution >= 0.6 is 15.9 Å². The smallest absolute Gasteiger partial charge is 0.118 e. The van der Waals surface area contributed by atoms with Gasteiger partial charge in [0.25, 0.3) is 0 Å². The van der Waals surface area contributed by atoms with E-state index >= 15 is 0 Å². The Morgan fingerprint density at radius 2 is 2.43 bits per heavy atom. The van der Waals surface area contributed by atoms with Crippen LogP contribution in [0.2, 0.25) is 0 Å². The maximum absolute atomic E-state index is 4.01. The van der Waals surface area contributed by atoms with E-state index in [9.17, 15) is 0 Å². The van der Waals surface area contributed by atoms with Crippen molar-refractivity contribution in [2.75, 3.05) is 13.1 Å². The van der Waals surface area contributed by atoms with Crippen LogP contribution in [0.15, 0.2) is 9.98 Å². The number of rotatable bonds is 0. The van der Waals surface area contributed by atoms with Crippen molar-refractivity contribution in [3.05, 3.63) is 0 Å². The molecule has 0 aromatic rings. The SMILES string of the molecule is BrC1=NCCN=C1. The monoisotopic (exact) mass is 160 g/mol. The van der Waals surface area contributed by atoms with Gasteiger partial charge in [-0.3, -0.25) is 9.98 Å². The fourth-order valence-electron chi connectivity index (χ4n) is 0.395. The minimum absolute atomic E-state index is 0.830. The summed E-state index contributed by atoms with van der Waals surface area (Å²) in [5, 5.41) is 0. The van der Waals surface area contributed by atoms with Crippen LogP contribution in [0.5, 0.6) is 0 Å². The van der Waals surface area contributed by atoms with Crippen LogP contribution < -0.4 is 0 Å². The van der Waals surface area contributed by atoms with Gasteiger partial charge in [0.05, 0.1) is 19.3 Å². The highest BCUT2D eigenvalue weighted by Crippen LogP contribution is 1.91. The summed E-state index contributed by atoms with van der Waals surface area (Å²) in [5.41, 5.74) is 0. The predicted molar refractivity (Wildman–Crippen MR) is 34.6 cm³/mol. The molecule has 7 heavy (non-hydrogen) atoms. The van der Waals surface area contributed by atoms with Crippen molar-refractivity contribution in [1.29, 1.82) is 0 Å². The zero-order chi connectivity index (χ0) is 5.11. The molecule has 0 fully saturated rings. The second-order valence-electron chi connectivity index (χ2n) is 1.24. The molecule has 2 nitrogen and oxygen atoms in total. The van der Waals surface area contributed by atoms with Crippen molar-refractivity contribution in [2.24, 2.45) is 9.98 Å². The summed E-state index contributed by atoms with van der Waals surface area (Å²) in [6, 6.07) is 0. The third-order valence-electron chi connectivity index (χ3n) is 0.690. The van der Waals surface area contributed by atoms with Crippen LogP contribution in [0.25, 0.3) is 0 Å². The largest absolute Gasteiger partial charge is 0.288 e. The molecule has 0 N–H and O–H groups in total. The van der Waals surface area contributed by atoms with Gasteiger partial charge < -0.3 is 0 Å². The van der Waals surface area contributed by atoms with Gasteiger partial charge >= 0.3 is 0 Å². The van der Waals surface area contributed by atoms with Gasteiger partial charge in [0, 0.05) is 0 Å². The second-order valence-corrected chi connectivity index (χ2v) is 2.05. The van der Waals surface area contributed by atoms with Crippen molar-refractivity contribution < 1.29 is 0 Å². The van der Waals surface area contributed by atoms with E-state index < -0.39 is 0 Å². The molecule has 38 valence electrons. The molecule has 0 spiro atoms. The number of aliphatic imine (C=N–C) groups is 2. The van der Waals surface area contributed by atoms with Crippen molar-refractivity contribution >= 4 is 26.8 Å². The lowest BCUT2D eigenvalue weighted by molar-refractivity contribution is 0.975. The van der Waals surface area contributed by atoms with Gasteiger partial charge in [0.15, 0.2) is 0 Å². The highest BCUT2D eigenvalue weighted by atomic mass is 79.9. The van der Waals surface area contributed by atoms with E-state index in [-0.39, 0.29) is 0 Å². The van der Waals surface area contributed by atoms with E-state index in [1.807, 2.05) is 0 Å². The van der Waals surface area contributed by atoms with Gasteiger partial charge in [-0.15, -0.1) is 0 Å². The molecule has 0 bridgehead atoms. The molecule has 3 heteroatoms. The third kappa shape index (κ3) is 1.39. The molecule has 1 aliphatic rings. The fourth-order valence-corrected chi connectivity index (χ4v) is 0.717. The third-order valence-corrected chi connectivity index (χ3v) is 1.15. The van der Waals surface area contributed by atoms with Crippen LogP contribution in [0, 0.1) is 0 Å². The molecule has 0 unspecified atom stereocenters. The Morgan fingerprint density at radius 1 is 1.57 bits per heavy atom. The second kappa shape index (κ2) is 2.21. The molecule has 0 radical (unpaired) electrons. The Kier molecular flexibility index (Phi) is 1.57. The summed E-state index contributed by atoms with van der Waals surface area (Å²) in [4.78, 5) is 7.97. The first-order valence-corrected chi connectivity index (χ1v) is 2.88. The van der Waals surface area contributed by atoms with Crippen molar-refractivity contribution in [2.45, 2.75) is 0 Å². The lowest BCUT2D eigenvalue weighted by Gasteiger charge is -1.94. The van der Waals surface area contributed by atoms with Crippen molar-refractivity contribution in [1.82, 2.24) is 0 Å². The van der Waals surface area contributed by atoms with Crippen LogP contribution in [0.4, 0.5) is 0 Å². The summed E-state index contributed by atoms with van der Waals surface area (Å²) in [6.07, 6.45) is 1.73.